The molecule has 1 amide bonds. The Bertz CT molecular complexity index is 815. The highest BCUT2D eigenvalue weighted by atomic mass is 32.2. The third-order valence-electron chi connectivity index (χ3n) is 3.67. The van der Waals surface area contributed by atoms with Gasteiger partial charge in [-0.15, -0.1) is 0 Å². The highest BCUT2D eigenvalue weighted by molar-refractivity contribution is 7.92. The first kappa shape index (κ1) is 18.8. The highest BCUT2D eigenvalue weighted by Crippen LogP contribution is 2.16. The number of rotatable bonds is 7. The van der Waals surface area contributed by atoms with Crippen LogP contribution in [0.25, 0.3) is 0 Å². The summed E-state index contributed by atoms with van der Waals surface area (Å²) in [6, 6.07) is 14.1. The lowest BCUT2D eigenvalue weighted by Crippen LogP contribution is -2.28. The number of aryl methyl sites for hydroxylation is 1. The molecule has 0 saturated carbocycles. The summed E-state index contributed by atoms with van der Waals surface area (Å²) in [6.07, 6.45) is 1.13. The number of anilines is 1. The summed E-state index contributed by atoms with van der Waals surface area (Å²) in [7, 11) is -1.85. The second kappa shape index (κ2) is 8.02. The molecule has 0 unspecified atom stereocenters. The maximum Gasteiger partial charge on any atom is 0.251 e. The maximum absolute atomic E-state index is 12.1. The number of carbonyl (C=O) groups is 1. The van der Waals surface area contributed by atoms with Crippen molar-refractivity contribution in [2.45, 2.75) is 6.92 Å². The molecule has 0 fully saturated rings. The van der Waals surface area contributed by atoms with Gasteiger partial charge in [0.25, 0.3) is 5.91 Å². The Morgan fingerprint density at radius 2 is 1.68 bits per heavy atom. The van der Waals surface area contributed by atoms with Gasteiger partial charge in [-0.3, -0.25) is 9.10 Å². The largest absolute Gasteiger partial charge is 0.492 e. The molecule has 0 bridgehead atoms. The summed E-state index contributed by atoms with van der Waals surface area (Å²) in [4.78, 5) is 12.1. The van der Waals surface area contributed by atoms with Crippen molar-refractivity contribution < 1.29 is 17.9 Å². The van der Waals surface area contributed by atoms with Crippen molar-refractivity contribution >= 4 is 21.6 Å². The molecule has 0 spiro atoms. The van der Waals surface area contributed by atoms with Gasteiger partial charge in [-0.05, 0) is 43.3 Å². The van der Waals surface area contributed by atoms with E-state index in [1.807, 2.05) is 31.2 Å². The lowest BCUT2D eigenvalue weighted by Gasteiger charge is -2.16. The molecule has 0 aliphatic carbocycles. The zero-order chi connectivity index (χ0) is 18.4. The van der Waals surface area contributed by atoms with Crippen molar-refractivity contribution in [3.63, 3.8) is 0 Å². The molecule has 2 aromatic carbocycles. The molecule has 25 heavy (non-hydrogen) atoms. The van der Waals surface area contributed by atoms with E-state index in [9.17, 15) is 13.2 Å². The van der Waals surface area contributed by atoms with Gasteiger partial charge in [0.2, 0.25) is 10.0 Å². The molecule has 2 rings (SSSR count). The molecule has 0 heterocycles. The van der Waals surface area contributed by atoms with E-state index in [-0.39, 0.29) is 5.91 Å². The smallest absolute Gasteiger partial charge is 0.251 e. The summed E-state index contributed by atoms with van der Waals surface area (Å²) in [5.74, 6) is 0.522. The fourth-order valence-corrected chi connectivity index (χ4v) is 2.59. The van der Waals surface area contributed by atoms with E-state index in [1.54, 1.807) is 24.3 Å². The molecule has 0 aliphatic heterocycles. The van der Waals surface area contributed by atoms with Crippen molar-refractivity contribution in [2.24, 2.45) is 0 Å². The van der Waals surface area contributed by atoms with Crippen molar-refractivity contribution in [3.8, 4) is 5.75 Å². The van der Waals surface area contributed by atoms with E-state index in [4.69, 9.17) is 4.74 Å². The van der Waals surface area contributed by atoms with Crippen LogP contribution in [-0.4, -0.2) is 40.8 Å². The normalized spacial score (nSPS) is 11.0. The summed E-state index contributed by atoms with van der Waals surface area (Å²) < 4.78 is 29.7. The Hall–Kier alpha value is -2.54. The first-order valence-corrected chi connectivity index (χ1v) is 9.64. The molecule has 2 aromatic rings. The first-order valence-electron chi connectivity index (χ1n) is 7.79. The SMILES string of the molecule is Cc1ccc(OCCNC(=O)c2ccc(N(C)S(C)(=O)=O)cc2)cc1. The van der Waals surface area contributed by atoms with Crippen molar-refractivity contribution in [3.05, 3.63) is 59.7 Å². The maximum atomic E-state index is 12.1. The molecule has 0 aromatic heterocycles. The fourth-order valence-electron chi connectivity index (χ4n) is 2.08. The minimum Gasteiger partial charge on any atom is -0.492 e. The number of benzene rings is 2. The molecule has 1 N–H and O–H groups in total. The van der Waals surface area contributed by atoms with E-state index < -0.39 is 10.0 Å². The number of nitrogens with one attached hydrogen (secondary N) is 1. The Labute approximate surface area is 148 Å². The van der Waals surface area contributed by atoms with E-state index in [0.717, 1.165) is 21.9 Å². The minimum absolute atomic E-state index is 0.235. The Balaban J connectivity index is 1.83. The van der Waals surface area contributed by atoms with Crippen molar-refractivity contribution in [1.29, 1.82) is 0 Å². The second-order valence-corrected chi connectivity index (χ2v) is 7.71. The third kappa shape index (κ3) is 5.49. The second-order valence-electron chi connectivity index (χ2n) is 5.69. The summed E-state index contributed by atoms with van der Waals surface area (Å²) in [6.45, 7) is 2.74. The molecule has 0 aliphatic rings. The number of hydrogen-bond acceptors (Lipinski definition) is 4. The standard InChI is InChI=1S/C18H22N2O4S/c1-14-4-10-17(11-5-14)24-13-12-19-18(21)15-6-8-16(9-7-15)20(2)25(3,22)23/h4-11H,12-13H2,1-3H3,(H,19,21). The summed E-state index contributed by atoms with van der Waals surface area (Å²) in [5.41, 5.74) is 2.12. The van der Waals surface area contributed by atoms with Gasteiger partial charge in [-0.1, -0.05) is 17.7 Å². The molecule has 0 atom stereocenters. The lowest BCUT2D eigenvalue weighted by atomic mass is 10.2. The van der Waals surface area contributed by atoms with Crippen LogP contribution in [0.3, 0.4) is 0 Å². The first-order chi connectivity index (χ1) is 11.8. The van der Waals surface area contributed by atoms with Gasteiger partial charge in [-0.2, -0.15) is 0 Å². The van der Waals surface area contributed by atoms with Crippen LogP contribution in [0.4, 0.5) is 5.69 Å². The van der Waals surface area contributed by atoms with Gasteiger partial charge in [0.1, 0.15) is 12.4 Å². The number of amides is 1. The zero-order valence-corrected chi connectivity index (χ0v) is 15.3. The van der Waals surface area contributed by atoms with Gasteiger partial charge in [-0.25, -0.2) is 8.42 Å². The Kier molecular flexibility index (Phi) is 6.03. The van der Waals surface area contributed by atoms with Crippen LogP contribution < -0.4 is 14.4 Å². The van der Waals surface area contributed by atoms with Crippen LogP contribution in [0.15, 0.2) is 48.5 Å². The number of sulfonamides is 1. The summed E-state index contributed by atoms with van der Waals surface area (Å²) in [5, 5.41) is 2.76. The predicted octanol–water partition coefficient (Wildman–Crippen LogP) is 2.20. The van der Waals surface area contributed by atoms with Crippen LogP contribution in [0.1, 0.15) is 15.9 Å². The predicted molar refractivity (Wildman–Crippen MR) is 98.7 cm³/mol. The van der Waals surface area contributed by atoms with Gasteiger partial charge >= 0.3 is 0 Å². The molecule has 0 radical (unpaired) electrons. The van der Waals surface area contributed by atoms with E-state index in [2.05, 4.69) is 5.32 Å². The van der Waals surface area contributed by atoms with Crippen LogP contribution >= 0.6 is 0 Å². The lowest BCUT2D eigenvalue weighted by molar-refractivity contribution is 0.0947. The average Bonchev–Trinajstić information content (AvgIpc) is 2.58. The van der Waals surface area contributed by atoms with Gasteiger partial charge in [0.05, 0.1) is 18.5 Å². The Morgan fingerprint density at radius 1 is 1.08 bits per heavy atom. The summed E-state index contributed by atoms with van der Waals surface area (Å²) >= 11 is 0. The van der Waals surface area contributed by atoms with Crippen LogP contribution in [-0.2, 0) is 10.0 Å². The third-order valence-corrected chi connectivity index (χ3v) is 4.87. The number of carbonyl (C=O) groups excluding carboxylic acids is 1. The number of nitrogens with zero attached hydrogens (tertiary/aromatic N) is 1. The van der Waals surface area contributed by atoms with E-state index in [1.165, 1.54) is 7.05 Å². The molecule has 0 saturated heterocycles. The van der Waals surface area contributed by atoms with Crippen LogP contribution in [0.2, 0.25) is 0 Å². The van der Waals surface area contributed by atoms with Gasteiger partial charge in [0.15, 0.2) is 0 Å². The molecule has 6 nitrogen and oxygen atoms in total. The van der Waals surface area contributed by atoms with Crippen molar-refractivity contribution in [1.82, 2.24) is 5.32 Å². The molecular weight excluding hydrogens is 340 g/mol. The van der Waals surface area contributed by atoms with Crippen molar-refractivity contribution in [2.75, 3.05) is 30.8 Å². The quantitative estimate of drug-likeness (QED) is 0.766. The number of hydrogen-bond donors (Lipinski definition) is 1. The molecule has 134 valence electrons. The van der Waals surface area contributed by atoms with Crippen LogP contribution in [0.5, 0.6) is 5.75 Å². The van der Waals surface area contributed by atoms with Gasteiger partial charge < -0.3 is 10.1 Å². The highest BCUT2D eigenvalue weighted by Gasteiger charge is 2.12. The monoisotopic (exact) mass is 362 g/mol. The minimum atomic E-state index is -3.32. The van der Waals surface area contributed by atoms with Gasteiger partial charge in [0, 0.05) is 12.6 Å². The number of ether oxygens (including phenoxy) is 1. The molecule has 7 heteroatoms. The fraction of sp³-hybridized carbons (Fsp3) is 0.278. The average molecular weight is 362 g/mol. The van der Waals surface area contributed by atoms with E-state index in [0.29, 0.717) is 24.4 Å². The molecular formula is C18H22N2O4S. The van der Waals surface area contributed by atoms with E-state index >= 15 is 0 Å². The van der Waals surface area contributed by atoms with Crippen LogP contribution in [0, 0.1) is 6.92 Å². The zero-order valence-electron chi connectivity index (χ0n) is 14.5. The Morgan fingerprint density at radius 3 is 2.24 bits per heavy atom. The topological polar surface area (TPSA) is 75.7 Å².